The predicted octanol–water partition coefficient (Wildman–Crippen LogP) is 4.70. The van der Waals surface area contributed by atoms with Gasteiger partial charge in [0.25, 0.3) is 0 Å². The third kappa shape index (κ3) is 2.70. The molecule has 0 nitrogen and oxygen atoms in total. The lowest BCUT2D eigenvalue weighted by Crippen LogP contribution is -2.41. The molecule has 94 valence electrons. The minimum Gasteiger partial charge on any atom is -0.244 e. The minimum absolute atomic E-state index is 0.00935. The van der Waals surface area contributed by atoms with Crippen molar-refractivity contribution in [2.45, 2.75) is 61.7 Å². The Morgan fingerprint density at radius 2 is 1.50 bits per heavy atom. The summed E-state index contributed by atoms with van der Waals surface area (Å²) in [5.74, 6) is 0.383. The number of hydrogen-bond acceptors (Lipinski definition) is 0. The second-order valence-corrected chi connectivity index (χ2v) is 7.38. The molecule has 2 rings (SSSR count). The van der Waals surface area contributed by atoms with Gasteiger partial charge in [0, 0.05) is 3.92 Å². The molecule has 0 bridgehead atoms. The molecule has 4 atom stereocenters. The van der Waals surface area contributed by atoms with E-state index in [1.807, 2.05) is 6.92 Å². The van der Waals surface area contributed by atoms with Crippen LogP contribution in [0.1, 0.15) is 45.4 Å². The van der Waals surface area contributed by atoms with Crippen molar-refractivity contribution in [3.63, 3.8) is 0 Å². The van der Waals surface area contributed by atoms with E-state index in [0.717, 1.165) is 29.6 Å². The first-order chi connectivity index (χ1) is 7.59. The molecule has 3 heteroatoms. The molecule has 2 fully saturated rings. The maximum atomic E-state index is 14.0. The van der Waals surface area contributed by atoms with Crippen molar-refractivity contribution in [1.29, 1.82) is 0 Å². The Bertz CT molecular complexity index is 226. The van der Waals surface area contributed by atoms with E-state index in [9.17, 15) is 8.78 Å². The van der Waals surface area contributed by atoms with Crippen molar-refractivity contribution in [3.8, 4) is 0 Å². The van der Waals surface area contributed by atoms with Gasteiger partial charge in [-0.15, -0.1) is 0 Å². The van der Waals surface area contributed by atoms with Gasteiger partial charge in [-0.05, 0) is 56.3 Å². The fourth-order valence-corrected chi connectivity index (χ4v) is 4.05. The topological polar surface area (TPSA) is 0 Å². The first kappa shape index (κ1) is 13.0. The molecule has 0 aromatic heterocycles. The minimum atomic E-state index is -1.21. The van der Waals surface area contributed by atoms with E-state index < -0.39 is 12.3 Å². The molecule has 2 aliphatic rings. The van der Waals surface area contributed by atoms with Crippen molar-refractivity contribution in [2.75, 3.05) is 0 Å². The van der Waals surface area contributed by atoms with E-state index in [1.165, 1.54) is 12.8 Å². The molecule has 2 saturated carbocycles. The van der Waals surface area contributed by atoms with Crippen molar-refractivity contribution in [2.24, 2.45) is 17.8 Å². The smallest absolute Gasteiger partial charge is 0.134 e. The number of halogens is 3. The molecule has 0 heterocycles. The summed E-state index contributed by atoms with van der Waals surface area (Å²) < 4.78 is 28.4. The van der Waals surface area contributed by atoms with Gasteiger partial charge in [-0.3, -0.25) is 0 Å². The van der Waals surface area contributed by atoms with Crippen molar-refractivity contribution in [1.82, 2.24) is 0 Å². The summed E-state index contributed by atoms with van der Waals surface area (Å²) in [7, 11) is 0. The Morgan fingerprint density at radius 1 is 0.875 bits per heavy atom. The van der Waals surface area contributed by atoms with Crippen LogP contribution in [0.5, 0.6) is 0 Å². The molecule has 0 aromatic rings. The first-order valence-electron chi connectivity index (χ1n) is 6.51. The highest BCUT2D eigenvalue weighted by atomic mass is 127. The Hall–Kier alpha value is 0.590. The summed E-state index contributed by atoms with van der Waals surface area (Å²) in [5, 5.41) is 0. The van der Waals surface area contributed by atoms with Gasteiger partial charge in [0.05, 0.1) is 0 Å². The summed E-state index contributed by atoms with van der Waals surface area (Å²) >= 11 is 2.48. The molecule has 0 N–H and O–H groups in total. The van der Waals surface area contributed by atoms with Gasteiger partial charge in [-0.2, -0.15) is 0 Å². The van der Waals surface area contributed by atoms with E-state index in [0.29, 0.717) is 5.92 Å². The van der Waals surface area contributed by atoms with Gasteiger partial charge in [-0.25, -0.2) is 8.78 Å². The molecule has 0 aromatic carbocycles. The van der Waals surface area contributed by atoms with Crippen molar-refractivity contribution in [3.05, 3.63) is 0 Å². The zero-order valence-corrected chi connectivity index (χ0v) is 12.0. The second-order valence-electron chi connectivity index (χ2n) is 5.62. The highest BCUT2D eigenvalue weighted by Gasteiger charge is 2.42. The van der Waals surface area contributed by atoms with E-state index in [4.69, 9.17) is 0 Å². The molecule has 0 aliphatic heterocycles. The molecule has 0 saturated heterocycles. The van der Waals surface area contributed by atoms with Crippen LogP contribution >= 0.6 is 22.6 Å². The summed E-state index contributed by atoms with van der Waals surface area (Å²) in [6.07, 6.45) is 3.98. The van der Waals surface area contributed by atoms with E-state index in [-0.39, 0.29) is 11.8 Å². The van der Waals surface area contributed by atoms with Crippen LogP contribution in [0.25, 0.3) is 0 Å². The fourth-order valence-electron chi connectivity index (χ4n) is 3.33. The number of hydrogen-bond donors (Lipinski definition) is 0. The van der Waals surface area contributed by atoms with Gasteiger partial charge >= 0.3 is 0 Å². The molecule has 0 radical (unpaired) electrons. The van der Waals surface area contributed by atoms with Crippen LogP contribution in [0.15, 0.2) is 0 Å². The van der Waals surface area contributed by atoms with E-state index in [2.05, 4.69) is 22.6 Å². The van der Waals surface area contributed by atoms with Crippen LogP contribution in [0.3, 0.4) is 0 Å². The van der Waals surface area contributed by atoms with E-state index in [1.54, 1.807) is 0 Å². The average Bonchev–Trinajstić information content (AvgIpc) is 2.28. The Morgan fingerprint density at radius 3 is 2.12 bits per heavy atom. The zero-order chi connectivity index (χ0) is 11.7. The molecule has 16 heavy (non-hydrogen) atoms. The van der Waals surface area contributed by atoms with E-state index >= 15 is 0 Å². The van der Waals surface area contributed by atoms with Crippen LogP contribution in [0, 0.1) is 17.8 Å². The largest absolute Gasteiger partial charge is 0.244 e. The number of rotatable bonds is 1. The summed E-state index contributed by atoms with van der Waals surface area (Å²) in [4.78, 5) is 0. The standard InChI is InChI=1S/C13H21F2I/c1-8-2-7-11(13(15)12(8)14)9-3-5-10(16)6-4-9/h8-13H,2-7H2,1H3. The molecular weight excluding hydrogens is 321 g/mol. The Balaban J connectivity index is 1.94. The SMILES string of the molecule is CC1CCC(C2CCC(I)CC2)C(F)C1F. The highest BCUT2D eigenvalue weighted by Crippen LogP contribution is 2.43. The molecule has 0 amide bonds. The van der Waals surface area contributed by atoms with Crippen LogP contribution in [-0.4, -0.2) is 16.3 Å². The Kier molecular flexibility index (Phi) is 4.47. The van der Waals surface area contributed by atoms with Gasteiger partial charge in [0.2, 0.25) is 0 Å². The maximum absolute atomic E-state index is 14.0. The summed E-state index contributed by atoms with van der Waals surface area (Å²) in [6, 6.07) is 0. The van der Waals surface area contributed by atoms with Gasteiger partial charge in [0.1, 0.15) is 12.3 Å². The molecule has 2 aliphatic carbocycles. The van der Waals surface area contributed by atoms with Crippen LogP contribution in [0.4, 0.5) is 8.78 Å². The molecule has 0 spiro atoms. The third-order valence-corrected chi connectivity index (χ3v) is 5.76. The fraction of sp³-hybridized carbons (Fsp3) is 1.00. The van der Waals surface area contributed by atoms with Crippen LogP contribution in [0.2, 0.25) is 0 Å². The summed E-state index contributed by atoms with van der Waals surface area (Å²) in [6.45, 7) is 1.84. The monoisotopic (exact) mass is 342 g/mol. The average molecular weight is 342 g/mol. The zero-order valence-electron chi connectivity index (χ0n) is 9.84. The van der Waals surface area contributed by atoms with Gasteiger partial charge < -0.3 is 0 Å². The lowest BCUT2D eigenvalue weighted by Gasteiger charge is -2.40. The quantitative estimate of drug-likeness (QED) is 0.479. The van der Waals surface area contributed by atoms with Crippen molar-refractivity contribution < 1.29 is 8.78 Å². The lowest BCUT2D eigenvalue weighted by molar-refractivity contribution is -0.00240. The van der Waals surface area contributed by atoms with Crippen LogP contribution < -0.4 is 0 Å². The lowest BCUT2D eigenvalue weighted by atomic mass is 9.69. The molecular formula is C13H21F2I. The normalized spacial score (nSPS) is 50.2. The predicted molar refractivity (Wildman–Crippen MR) is 71.4 cm³/mol. The van der Waals surface area contributed by atoms with Gasteiger partial charge in [0.15, 0.2) is 0 Å². The number of alkyl halides is 3. The highest BCUT2D eigenvalue weighted by molar-refractivity contribution is 14.1. The second kappa shape index (κ2) is 5.49. The maximum Gasteiger partial charge on any atom is 0.134 e. The summed E-state index contributed by atoms with van der Waals surface area (Å²) in [5.41, 5.74) is 0. The first-order valence-corrected chi connectivity index (χ1v) is 7.76. The van der Waals surface area contributed by atoms with Gasteiger partial charge in [-0.1, -0.05) is 29.5 Å². The van der Waals surface area contributed by atoms with Crippen LogP contribution in [-0.2, 0) is 0 Å². The molecule has 4 unspecified atom stereocenters. The van der Waals surface area contributed by atoms with Crippen molar-refractivity contribution >= 4 is 22.6 Å². The third-order valence-electron chi connectivity index (χ3n) is 4.52. The Labute approximate surface area is 111 Å².